The Balaban J connectivity index is 1.94. The van der Waals surface area contributed by atoms with Gasteiger partial charge in [0.1, 0.15) is 5.82 Å². The molecule has 0 aliphatic carbocycles. The Morgan fingerprint density at radius 1 is 1.14 bits per heavy atom. The smallest absolute Gasteiger partial charge is 0.226 e. The minimum atomic E-state index is 0.201. The van der Waals surface area contributed by atoms with Crippen LogP contribution in [0.3, 0.4) is 0 Å². The molecular weight excluding hydrogens is 264 g/mol. The van der Waals surface area contributed by atoms with Crippen LogP contribution in [-0.4, -0.2) is 33.5 Å². The Kier molecular flexibility index (Phi) is 3.68. The summed E-state index contributed by atoms with van der Waals surface area (Å²) >= 11 is 0. The molecule has 1 atom stereocenters. The molecule has 0 radical (unpaired) electrons. The average Bonchev–Trinajstić information content (AvgIpc) is 2.96. The second-order valence-corrected chi connectivity index (χ2v) is 5.38. The number of anilines is 2. The van der Waals surface area contributed by atoms with E-state index in [1.165, 1.54) is 0 Å². The van der Waals surface area contributed by atoms with Gasteiger partial charge < -0.3 is 10.2 Å². The molecule has 0 saturated carbocycles. The molecule has 0 bridgehead atoms. The Morgan fingerprint density at radius 2 is 1.90 bits per heavy atom. The van der Waals surface area contributed by atoms with Crippen molar-refractivity contribution in [2.75, 3.05) is 23.8 Å². The van der Waals surface area contributed by atoms with Crippen LogP contribution in [0.15, 0.2) is 18.5 Å². The standard InChI is InChI=1S/C15H20N6/c1-10-7-11(2)19-15(18-10)21-6-4-5-13(21)12-8-17-9-14(16-3)20-12/h7-9,13H,4-6H2,1-3H3,(H,16,20). The van der Waals surface area contributed by atoms with Gasteiger partial charge >= 0.3 is 0 Å². The van der Waals surface area contributed by atoms with E-state index in [9.17, 15) is 0 Å². The van der Waals surface area contributed by atoms with Gasteiger partial charge in [-0.15, -0.1) is 0 Å². The van der Waals surface area contributed by atoms with Gasteiger partial charge in [0.25, 0.3) is 0 Å². The maximum atomic E-state index is 4.62. The van der Waals surface area contributed by atoms with Gasteiger partial charge in [-0.2, -0.15) is 0 Å². The molecule has 1 aliphatic heterocycles. The first kappa shape index (κ1) is 13.7. The summed E-state index contributed by atoms with van der Waals surface area (Å²) in [7, 11) is 1.85. The minimum absolute atomic E-state index is 0.201. The monoisotopic (exact) mass is 284 g/mol. The molecule has 110 valence electrons. The maximum Gasteiger partial charge on any atom is 0.226 e. The van der Waals surface area contributed by atoms with E-state index in [1.54, 1.807) is 6.20 Å². The number of nitrogens with zero attached hydrogens (tertiary/aromatic N) is 5. The van der Waals surface area contributed by atoms with E-state index in [2.05, 4.69) is 30.2 Å². The van der Waals surface area contributed by atoms with Gasteiger partial charge in [-0.25, -0.2) is 15.0 Å². The molecule has 21 heavy (non-hydrogen) atoms. The highest BCUT2D eigenvalue weighted by Gasteiger charge is 2.29. The molecule has 1 saturated heterocycles. The minimum Gasteiger partial charge on any atom is -0.372 e. The third-order valence-electron chi connectivity index (χ3n) is 3.73. The van der Waals surface area contributed by atoms with Crippen LogP contribution in [0.4, 0.5) is 11.8 Å². The highest BCUT2D eigenvalue weighted by atomic mass is 15.3. The van der Waals surface area contributed by atoms with Crippen molar-refractivity contribution in [2.45, 2.75) is 32.7 Å². The first-order valence-electron chi connectivity index (χ1n) is 7.26. The normalized spacial score (nSPS) is 18.0. The first-order chi connectivity index (χ1) is 10.2. The molecule has 1 N–H and O–H groups in total. The predicted molar refractivity (Wildman–Crippen MR) is 82.4 cm³/mol. The molecule has 0 amide bonds. The summed E-state index contributed by atoms with van der Waals surface area (Å²) in [6.45, 7) is 4.97. The molecule has 0 spiro atoms. The van der Waals surface area contributed by atoms with Crippen molar-refractivity contribution in [1.82, 2.24) is 19.9 Å². The zero-order valence-electron chi connectivity index (χ0n) is 12.7. The van der Waals surface area contributed by atoms with E-state index < -0.39 is 0 Å². The van der Waals surface area contributed by atoms with Gasteiger partial charge in [0.05, 0.1) is 24.1 Å². The largest absolute Gasteiger partial charge is 0.372 e. The van der Waals surface area contributed by atoms with E-state index in [4.69, 9.17) is 0 Å². The van der Waals surface area contributed by atoms with E-state index in [0.29, 0.717) is 0 Å². The van der Waals surface area contributed by atoms with Gasteiger partial charge in [0.15, 0.2) is 0 Å². The molecule has 2 aromatic rings. The van der Waals surface area contributed by atoms with Crippen LogP contribution < -0.4 is 10.2 Å². The van der Waals surface area contributed by atoms with Crippen molar-refractivity contribution >= 4 is 11.8 Å². The molecular formula is C15H20N6. The van der Waals surface area contributed by atoms with Crippen molar-refractivity contribution in [3.63, 3.8) is 0 Å². The fourth-order valence-electron chi connectivity index (χ4n) is 2.81. The molecule has 0 aromatic carbocycles. The summed E-state index contributed by atoms with van der Waals surface area (Å²) in [4.78, 5) is 20.3. The summed E-state index contributed by atoms with van der Waals surface area (Å²) in [6.07, 6.45) is 5.74. The van der Waals surface area contributed by atoms with Crippen molar-refractivity contribution in [2.24, 2.45) is 0 Å². The van der Waals surface area contributed by atoms with Crippen LogP contribution in [0.1, 0.15) is 36.0 Å². The summed E-state index contributed by atoms with van der Waals surface area (Å²) in [6, 6.07) is 2.20. The highest BCUT2D eigenvalue weighted by molar-refractivity contribution is 5.39. The van der Waals surface area contributed by atoms with Crippen molar-refractivity contribution in [1.29, 1.82) is 0 Å². The topological polar surface area (TPSA) is 66.8 Å². The number of rotatable bonds is 3. The molecule has 2 aromatic heterocycles. The maximum absolute atomic E-state index is 4.62. The lowest BCUT2D eigenvalue weighted by Crippen LogP contribution is -2.26. The van der Waals surface area contributed by atoms with Crippen LogP contribution in [-0.2, 0) is 0 Å². The van der Waals surface area contributed by atoms with Crippen molar-refractivity contribution in [3.8, 4) is 0 Å². The van der Waals surface area contributed by atoms with E-state index in [-0.39, 0.29) is 6.04 Å². The van der Waals surface area contributed by atoms with E-state index in [1.807, 2.05) is 33.2 Å². The van der Waals surface area contributed by atoms with E-state index in [0.717, 1.165) is 48.2 Å². The van der Waals surface area contributed by atoms with Gasteiger partial charge in [0.2, 0.25) is 5.95 Å². The van der Waals surface area contributed by atoms with Crippen molar-refractivity contribution in [3.05, 3.63) is 35.5 Å². The van der Waals surface area contributed by atoms with Gasteiger partial charge in [-0.1, -0.05) is 0 Å². The SMILES string of the molecule is CNc1cncc(C2CCCN2c2nc(C)cc(C)n2)n1. The molecule has 3 heterocycles. The summed E-state index contributed by atoms with van der Waals surface area (Å²) < 4.78 is 0. The van der Waals surface area contributed by atoms with Crippen molar-refractivity contribution < 1.29 is 0 Å². The zero-order chi connectivity index (χ0) is 14.8. The highest BCUT2D eigenvalue weighted by Crippen LogP contribution is 2.33. The van der Waals surface area contributed by atoms with Gasteiger partial charge in [-0.05, 0) is 32.8 Å². The van der Waals surface area contributed by atoms with Crippen LogP contribution >= 0.6 is 0 Å². The second-order valence-electron chi connectivity index (χ2n) is 5.38. The number of hydrogen-bond donors (Lipinski definition) is 1. The van der Waals surface area contributed by atoms with Crippen LogP contribution in [0.5, 0.6) is 0 Å². The molecule has 1 fully saturated rings. The Labute approximate surface area is 124 Å². The zero-order valence-corrected chi connectivity index (χ0v) is 12.7. The summed E-state index contributed by atoms with van der Waals surface area (Å²) in [5, 5.41) is 3.04. The second kappa shape index (κ2) is 5.63. The average molecular weight is 284 g/mol. The number of nitrogens with one attached hydrogen (secondary N) is 1. The third-order valence-corrected chi connectivity index (χ3v) is 3.73. The lowest BCUT2D eigenvalue weighted by Gasteiger charge is -2.24. The Hall–Kier alpha value is -2.24. The predicted octanol–water partition coefficient (Wildman–Crippen LogP) is 2.27. The number of hydrogen-bond acceptors (Lipinski definition) is 6. The molecule has 6 heteroatoms. The number of aryl methyl sites for hydroxylation is 2. The van der Waals surface area contributed by atoms with Crippen LogP contribution in [0.25, 0.3) is 0 Å². The fraction of sp³-hybridized carbons (Fsp3) is 0.467. The molecule has 3 rings (SSSR count). The van der Waals surface area contributed by atoms with Gasteiger partial charge in [-0.3, -0.25) is 4.98 Å². The first-order valence-corrected chi connectivity index (χ1v) is 7.26. The quantitative estimate of drug-likeness (QED) is 0.932. The van der Waals surface area contributed by atoms with Gasteiger partial charge in [0, 0.05) is 25.0 Å². The summed E-state index contributed by atoms with van der Waals surface area (Å²) in [5.74, 6) is 1.59. The molecule has 1 aliphatic rings. The Morgan fingerprint density at radius 3 is 2.62 bits per heavy atom. The Bertz CT molecular complexity index is 622. The lowest BCUT2D eigenvalue weighted by atomic mass is 10.1. The summed E-state index contributed by atoms with van der Waals surface area (Å²) in [5.41, 5.74) is 2.97. The lowest BCUT2D eigenvalue weighted by molar-refractivity contribution is 0.673. The fourth-order valence-corrected chi connectivity index (χ4v) is 2.81. The van der Waals surface area contributed by atoms with Crippen LogP contribution in [0.2, 0.25) is 0 Å². The third kappa shape index (κ3) is 2.79. The molecule has 6 nitrogen and oxygen atoms in total. The van der Waals surface area contributed by atoms with Crippen LogP contribution in [0, 0.1) is 13.8 Å². The number of aromatic nitrogens is 4. The van der Waals surface area contributed by atoms with E-state index >= 15 is 0 Å². The molecule has 1 unspecified atom stereocenters.